The highest BCUT2D eigenvalue weighted by Crippen LogP contribution is 2.54. The van der Waals surface area contributed by atoms with Crippen molar-refractivity contribution in [1.29, 1.82) is 0 Å². The van der Waals surface area contributed by atoms with Crippen molar-refractivity contribution in [2.24, 2.45) is 5.92 Å². The predicted octanol–water partition coefficient (Wildman–Crippen LogP) is 5.02. The monoisotopic (exact) mass is 497 g/mol. The topological polar surface area (TPSA) is 114 Å². The molecule has 2 fully saturated rings. The summed E-state index contributed by atoms with van der Waals surface area (Å²) in [6, 6.07) is 12.8. The summed E-state index contributed by atoms with van der Waals surface area (Å²) in [5.41, 5.74) is 3.16. The number of rotatable bonds is 5. The molecule has 1 aliphatic heterocycles. The second-order valence-electron chi connectivity index (χ2n) is 9.99. The number of carboxylic acids is 1. The van der Waals surface area contributed by atoms with Gasteiger partial charge in [-0.1, -0.05) is 31.0 Å². The van der Waals surface area contributed by atoms with Crippen molar-refractivity contribution < 1.29 is 34.0 Å². The first-order valence-corrected chi connectivity index (χ1v) is 12.6. The van der Waals surface area contributed by atoms with Crippen LogP contribution >= 0.6 is 0 Å². The molecule has 1 heterocycles. The van der Waals surface area contributed by atoms with Crippen molar-refractivity contribution in [3.8, 4) is 11.5 Å². The molecule has 8 nitrogen and oxygen atoms in total. The molecule has 0 radical (unpaired) electrons. The van der Waals surface area contributed by atoms with Crippen LogP contribution in [0.5, 0.6) is 11.5 Å². The third-order valence-corrected chi connectivity index (χ3v) is 7.49. The van der Waals surface area contributed by atoms with Crippen molar-refractivity contribution in [3.63, 3.8) is 0 Å². The number of benzene rings is 2. The van der Waals surface area contributed by atoms with Gasteiger partial charge in [0.2, 0.25) is 6.79 Å². The molecular weight excluding hydrogens is 462 g/mol. The number of carbonyl (C=O) groups excluding carboxylic acids is 1. The van der Waals surface area contributed by atoms with Crippen LogP contribution in [0.2, 0.25) is 0 Å². The summed E-state index contributed by atoms with van der Waals surface area (Å²) in [6.45, 7) is 4.57. The molecule has 8 heteroatoms. The lowest BCUT2D eigenvalue weighted by molar-refractivity contribution is -0.00836. The van der Waals surface area contributed by atoms with E-state index >= 15 is 0 Å². The second kappa shape index (κ2) is 11.2. The Balaban J connectivity index is 0.000000256. The van der Waals surface area contributed by atoms with Gasteiger partial charge in [-0.2, -0.15) is 0 Å². The molecule has 3 aliphatic rings. The average molecular weight is 498 g/mol. The number of carboxylic acid groups (broad SMARTS) is 1. The van der Waals surface area contributed by atoms with E-state index in [4.69, 9.17) is 24.4 Å². The number of para-hydroxylation sites is 1. The van der Waals surface area contributed by atoms with E-state index in [9.17, 15) is 9.59 Å². The largest absolute Gasteiger partial charge is 0.511 e. The summed E-state index contributed by atoms with van der Waals surface area (Å²) in [5, 5.41) is 21.1. The number of aromatic hydroxyl groups is 1. The van der Waals surface area contributed by atoms with Crippen LogP contribution in [0.4, 0.5) is 4.79 Å². The van der Waals surface area contributed by atoms with Crippen LogP contribution in [-0.2, 0) is 21.3 Å². The van der Waals surface area contributed by atoms with Gasteiger partial charge in [0.1, 0.15) is 17.1 Å². The van der Waals surface area contributed by atoms with Gasteiger partial charge in [0.15, 0.2) is 0 Å². The number of hydrogen-bond acceptors (Lipinski definition) is 7. The molecule has 2 bridgehead atoms. The Hall–Kier alpha value is -3.26. The molecule has 5 rings (SSSR count). The number of hydrogen-bond donors (Lipinski definition) is 3. The maximum atomic E-state index is 11.5. The molecule has 3 N–H and O–H groups in total. The van der Waals surface area contributed by atoms with Crippen molar-refractivity contribution in [2.75, 3.05) is 13.3 Å². The highest BCUT2D eigenvalue weighted by atomic mass is 16.8. The number of piperidine rings is 1. The molecule has 0 spiro atoms. The molecular formula is C28H35NO7. The first-order valence-electron chi connectivity index (χ1n) is 12.6. The second-order valence-corrected chi connectivity index (χ2v) is 9.99. The van der Waals surface area contributed by atoms with Gasteiger partial charge in [-0.3, -0.25) is 0 Å². The van der Waals surface area contributed by atoms with E-state index in [-0.39, 0.29) is 24.2 Å². The van der Waals surface area contributed by atoms with Crippen LogP contribution < -0.4 is 10.1 Å². The van der Waals surface area contributed by atoms with E-state index in [1.165, 1.54) is 55.4 Å². The maximum absolute atomic E-state index is 11.5. The number of fused-ring (bicyclic) bond motifs is 1. The smallest absolute Gasteiger partial charge is 0.507 e. The minimum atomic E-state index is -1.11. The van der Waals surface area contributed by atoms with Crippen LogP contribution in [-0.4, -0.2) is 47.8 Å². The minimum Gasteiger partial charge on any atom is -0.507 e. The molecule has 0 amide bonds. The molecule has 0 aromatic heterocycles. The zero-order valence-electron chi connectivity index (χ0n) is 20.9. The Morgan fingerprint density at radius 1 is 1.14 bits per heavy atom. The summed E-state index contributed by atoms with van der Waals surface area (Å²) < 4.78 is 15.6. The van der Waals surface area contributed by atoms with Gasteiger partial charge in [-0.15, -0.1) is 0 Å². The van der Waals surface area contributed by atoms with Crippen LogP contribution in [0.1, 0.15) is 67.4 Å². The van der Waals surface area contributed by atoms with E-state index in [2.05, 4.69) is 17.4 Å². The van der Waals surface area contributed by atoms with E-state index < -0.39 is 12.1 Å². The van der Waals surface area contributed by atoms with Crippen molar-refractivity contribution >= 4 is 12.1 Å². The van der Waals surface area contributed by atoms with Crippen LogP contribution in [0.3, 0.4) is 0 Å². The predicted molar refractivity (Wildman–Crippen MR) is 133 cm³/mol. The molecule has 2 aliphatic carbocycles. The van der Waals surface area contributed by atoms with E-state index in [1.54, 1.807) is 26.0 Å². The Morgan fingerprint density at radius 2 is 1.94 bits per heavy atom. The van der Waals surface area contributed by atoms with Gasteiger partial charge >= 0.3 is 12.1 Å². The summed E-state index contributed by atoms with van der Waals surface area (Å²) in [6.07, 6.45) is 6.71. The fourth-order valence-corrected chi connectivity index (χ4v) is 6.02. The molecule has 194 valence electrons. The maximum Gasteiger partial charge on any atom is 0.511 e. The minimum absolute atomic E-state index is 0.0671. The first-order chi connectivity index (χ1) is 17.3. The number of ether oxygens (including phenoxy) is 3. The van der Waals surface area contributed by atoms with Crippen molar-refractivity contribution in [2.45, 2.75) is 69.9 Å². The summed E-state index contributed by atoms with van der Waals surface area (Å²) in [4.78, 5) is 21.7. The van der Waals surface area contributed by atoms with Crippen molar-refractivity contribution in [3.05, 3.63) is 59.2 Å². The quantitative estimate of drug-likeness (QED) is 0.390. The lowest BCUT2D eigenvalue weighted by Crippen LogP contribution is -2.59. The number of nitrogens with one attached hydrogen (secondary N) is 1. The Bertz CT molecular complexity index is 1080. The van der Waals surface area contributed by atoms with Gasteiger partial charge in [0, 0.05) is 11.5 Å². The van der Waals surface area contributed by atoms with Gasteiger partial charge in [-0.25, -0.2) is 9.59 Å². The first kappa shape index (κ1) is 25.8. The lowest BCUT2D eigenvalue weighted by Gasteiger charge is -2.56. The number of carbonyl (C=O) groups is 2. The Kier molecular flexibility index (Phi) is 8.04. The third-order valence-electron chi connectivity index (χ3n) is 7.49. The SMILES string of the molecule is CC(C)OC(=O)OCOc1ccc2c(c1)[C@@]13CCCC[C@H]1[C@@H](C2)NCC3.O=C(O)c1ccccc1O. The van der Waals surface area contributed by atoms with Gasteiger partial charge in [-0.05, 0) is 87.4 Å². The number of phenols is 1. The van der Waals surface area contributed by atoms with E-state index in [1.807, 2.05) is 6.07 Å². The standard InChI is InChI=1S/C21H29NO4.C7H6O3/c1-14(2)26-20(23)25-13-24-16-7-6-15-11-19-17-5-3-4-8-21(17,9-10-22-19)18(15)12-16;8-6-4-2-1-3-5(6)7(9)10/h6-7,12,14,17,19,22H,3-5,8-11,13H2,1-2H3;1-4,8H,(H,9,10)/t17-,19+,21+;/m0./s1. The highest BCUT2D eigenvalue weighted by Gasteiger charge is 2.51. The summed E-state index contributed by atoms with van der Waals surface area (Å²) in [5.74, 6) is 0.204. The average Bonchev–Trinajstić information content (AvgIpc) is 2.84. The molecule has 36 heavy (non-hydrogen) atoms. The zero-order valence-corrected chi connectivity index (χ0v) is 20.9. The number of aromatic carboxylic acids is 1. The fraction of sp³-hybridized carbons (Fsp3) is 0.500. The molecule has 1 saturated carbocycles. The normalized spacial score (nSPS) is 23.9. The molecule has 1 saturated heterocycles. The summed E-state index contributed by atoms with van der Waals surface area (Å²) in [7, 11) is 0. The Labute approximate surface area is 211 Å². The highest BCUT2D eigenvalue weighted by molar-refractivity contribution is 5.90. The van der Waals surface area contributed by atoms with Gasteiger partial charge in [0.25, 0.3) is 0 Å². The molecule has 2 aromatic rings. The summed E-state index contributed by atoms with van der Waals surface area (Å²) >= 11 is 0. The van der Waals surface area contributed by atoms with Crippen LogP contribution in [0.15, 0.2) is 42.5 Å². The van der Waals surface area contributed by atoms with E-state index in [0.29, 0.717) is 11.5 Å². The molecule has 0 unspecified atom stereocenters. The fourth-order valence-electron chi connectivity index (χ4n) is 6.02. The van der Waals surface area contributed by atoms with Gasteiger partial charge < -0.3 is 29.7 Å². The third kappa shape index (κ3) is 5.59. The van der Waals surface area contributed by atoms with Crippen LogP contribution in [0.25, 0.3) is 0 Å². The Morgan fingerprint density at radius 3 is 2.67 bits per heavy atom. The van der Waals surface area contributed by atoms with Gasteiger partial charge in [0.05, 0.1) is 6.10 Å². The molecule has 3 atom stereocenters. The van der Waals surface area contributed by atoms with Crippen molar-refractivity contribution in [1.82, 2.24) is 5.32 Å². The lowest BCUT2D eigenvalue weighted by atomic mass is 9.53. The van der Waals surface area contributed by atoms with Crippen LogP contribution in [0, 0.1) is 5.92 Å². The molecule has 2 aromatic carbocycles. The van der Waals surface area contributed by atoms with E-state index in [0.717, 1.165) is 24.6 Å². The zero-order chi connectivity index (χ0) is 25.7.